The molecule has 0 saturated heterocycles. The Balaban J connectivity index is 1.51. The van der Waals surface area contributed by atoms with Crippen molar-refractivity contribution in [3.05, 3.63) is 96.3 Å². The summed E-state index contributed by atoms with van der Waals surface area (Å²) in [6, 6.07) is 16.4. The van der Waals surface area contributed by atoms with Crippen LogP contribution in [0, 0.1) is 9.39 Å². The van der Waals surface area contributed by atoms with E-state index in [4.69, 9.17) is 4.74 Å². The molecule has 36 heavy (non-hydrogen) atoms. The number of carbonyl (C=O) groups is 1. The summed E-state index contributed by atoms with van der Waals surface area (Å²) in [5.74, 6) is 0.218. The summed E-state index contributed by atoms with van der Waals surface area (Å²) in [5, 5.41) is 7.50. The third-order valence-electron chi connectivity index (χ3n) is 5.10. The minimum atomic E-state index is -0.435. The number of amides is 1. The van der Waals surface area contributed by atoms with E-state index in [0.29, 0.717) is 28.2 Å². The Morgan fingerprint density at radius 2 is 2.03 bits per heavy atom. The highest BCUT2D eigenvalue weighted by Crippen LogP contribution is 2.22. The van der Waals surface area contributed by atoms with Gasteiger partial charge in [0.05, 0.1) is 20.7 Å². The first-order valence-corrected chi connectivity index (χ1v) is 12.8. The van der Waals surface area contributed by atoms with Crippen LogP contribution in [0.2, 0.25) is 0 Å². The molecule has 0 radical (unpaired) electrons. The Kier molecular flexibility index (Phi) is 8.14. The van der Waals surface area contributed by atoms with E-state index in [-0.39, 0.29) is 18.1 Å². The highest BCUT2D eigenvalue weighted by atomic mass is 127. The van der Waals surface area contributed by atoms with Gasteiger partial charge in [-0.15, -0.1) is 0 Å². The van der Waals surface area contributed by atoms with Gasteiger partial charge in [-0.1, -0.05) is 35.8 Å². The molecule has 0 fully saturated rings. The van der Waals surface area contributed by atoms with Crippen LogP contribution in [0.1, 0.15) is 31.2 Å². The highest BCUT2D eigenvalue weighted by Gasteiger charge is 2.14. The molecule has 1 amide bonds. The van der Waals surface area contributed by atoms with E-state index in [1.807, 2.05) is 26.0 Å². The number of anilines is 1. The van der Waals surface area contributed by atoms with E-state index in [0.717, 1.165) is 13.6 Å². The summed E-state index contributed by atoms with van der Waals surface area (Å²) in [7, 11) is 0. The third-order valence-corrected chi connectivity index (χ3v) is 6.43. The topological polar surface area (TPSA) is 85.6 Å². The fourth-order valence-corrected chi connectivity index (χ4v) is 4.45. The molecule has 1 aromatic heterocycles. The number of hydrogen-bond donors (Lipinski definition) is 1. The fourth-order valence-electron chi connectivity index (χ4n) is 3.40. The number of benzene rings is 3. The summed E-state index contributed by atoms with van der Waals surface area (Å²) in [6.07, 6.45) is 1.58. The first kappa shape index (κ1) is 26.0. The summed E-state index contributed by atoms with van der Waals surface area (Å²) in [5.41, 5.74) is 1.47. The zero-order chi connectivity index (χ0) is 25.8. The van der Waals surface area contributed by atoms with E-state index in [1.165, 1.54) is 22.9 Å². The molecule has 0 unspecified atom stereocenters. The van der Waals surface area contributed by atoms with Crippen molar-refractivity contribution in [2.75, 3.05) is 11.9 Å². The van der Waals surface area contributed by atoms with Crippen molar-refractivity contribution in [3.8, 4) is 5.75 Å². The lowest BCUT2D eigenvalue weighted by Crippen LogP contribution is -2.23. The second kappa shape index (κ2) is 11.3. The Bertz CT molecular complexity index is 1540. The molecule has 3 aromatic carbocycles. The van der Waals surface area contributed by atoms with Crippen molar-refractivity contribution in [2.24, 2.45) is 5.10 Å². The summed E-state index contributed by atoms with van der Waals surface area (Å²) in [4.78, 5) is 29.9. The molecular weight excluding hydrogens is 642 g/mol. The van der Waals surface area contributed by atoms with E-state index in [9.17, 15) is 14.0 Å². The lowest BCUT2D eigenvalue weighted by Gasteiger charge is -2.12. The van der Waals surface area contributed by atoms with Gasteiger partial charge < -0.3 is 10.1 Å². The molecule has 0 aliphatic heterocycles. The largest absolute Gasteiger partial charge is 0.483 e. The van der Waals surface area contributed by atoms with Crippen LogP contribution in [-0.4, -0.2) is 28.4 Å². The van der Waals surface area contributed by atoms with Crippen molar-refractivity contribution >= 4 is 67.2 Å². The number of aromatic nitrogens is 2. The van der Waals surface area contributed by atoms with Gasteiger partial charge in [0, 0.05) is 16.1 Å². The van der Waals surface area contributed by atoms with Gasteiger partial charge in [0.2, 0.25) is 0 Å². The average Bonchev–Trinajstić information content (AvgIpc) is 2.83. The van der Waals surface area contributed by atoms with Crippen molar-refractivity contribution in [3.63, 3.8) is 0 Å². The standard InChI is InChI=1S/C26H21BrFIN4O3/c1-15(2)25-32-22-8-7-17(27)11-20(22)26(35)33(25)30-13-16-6-9-23(21(29)10-16)36-14-24(34)31-19-5-3-4-18(28)12-19/h3-13,15H,14H2,1-2H3,(H,31,34). The smallest absolute Gasteiger partial charge is 0.282 e. The number of carbonyl (C=O) groups excluding carboxylic acids is 1. The summed E-state index contributed by atoms with van der Waals surface area (Å²) in [6.45, 7) is 3.68. The van der Waals surface area contributed by atoms with Gasteiger partial charge in [0.15, 0.2) is 6.61 Å². The number of hydrogen-bond acceptors (Lipinski definition) is 5. The van der Waals surface area contributed by atoms with Gasteiger partial charge in [-0.25, -0.2) is 9.37 Å². The predicted octanol–water partition coefficient (Wildman–Crippen LogP) is 5.93. The number of rotatable bonds is 7. The monoisotopic (exact) mass is 662 g/mol. The van der Waals surface area contributed by atoms with Gasteiger partial charge in [-0.3, -0.25) is 9.59 Å². The van der Waals surface area contributed by atoms with Crippen LogP contribution in [0.5, 0.6) is 5.75 Å². The van der Waals surface area contributed by atoms with Crippen LogP contribution < -0.4 is 15.6 Å². The lowest BCUT2D eigenvalue weighted by atomic mass is 10.2. The van der Waals surface area contributed by atoms with Crippen LogP contribution in [0.3, 0.4) is 0 Å². The van der Waals surface area contributed by atoms with Crippen molar-refractivity contribution < 1.29 is 13.9 Å². The van der Waals surface area contributed by atoms with Crippen molar-refractivity contribution in [1.82, 2.24) is 9.66 Å². The quantitative estimate of drug-likeness (QED) is 0.197. The molecule has 0 aliphatic carbocycles. The second-order valence-electron chi connectivity index (χ2n) is 8.18. The minimum Gasteiger partial charge on any atom is -0.483 e. The third kappa shape index (κ3) is 6.16. The van der Waals surface area contributed by atoms with E-state index in [2.05, 4.69) is 53.9 Å². The maximum atomic E-state index is 13.3. The van der Waals surface area contributed by atoms with Gasteiger partial charge in [-0.2, -0.15) is 9.78 Å². The molecule has 7 nitrogen and oxygen atoms in total. The molecule has 184 valence electrons. The second-order valence-corrected chi connectivity index (χ2v) is 10.3. The van der Waals surface area contributed by atoms with E-state index >= 15 is 0 Å². The van der Waals surface area contributed by atoms with Crippen LogP contribution in [0.25, 0.3) is 10.9 Å². The molecular formula is C26H21BrFIN4O3. The molecule has 4 aromatic rings. The zero-order valence-electron chi connectivity index (χ0n) is 19.3. The number of fused-ring (bicyclic) bond motifs is 1. The van der Waals surface area contributed by atoms with Gasteiger partial charge >= 0.3 is 0 Å². The summed E-state index contributed by atoms with van der Waals surface area (Å²) >= 11 is 5.50. The van der Waals surface area contributed by atoms with Gasteiger partial charge in [0.1, 0.15) is 17.4 Å². The minimum absolute atomic E-state index is 0.0164. The van der Waals surface area contributed by atoms with Gasteiger partial charge in [0.25, 0.3) is 11.5 Å². The molecule has 10 heteroatoms. The molecule has 1 heterocycles. The molecule has 1 N–H and O–H groups in total. The number of nitrogens with one attached hydrogen (secondary N) is 1. The molecule has 0 bridgehead atoms. The van der Waals surface area contributed by atoms with Crippen LogP contribution in [0.15, 0.2) is 75.0 Å². The van der Waals surface area contributed by atoms with E-state index < -0.39 is 11.7 Å². The molecule has 0 atom stereocenters. The maximum Gasteiger partial charge on any atom is 0.282 e. The molecule has 4 rings (SSSR count). The van der Waals surface area contributed by atoms with Gasteiger partial charge in [-0.05, 0) is 82.8 Å². The maximum absolute atomic E-state index is 13.3. The fraction of sp³-hybridized carbons (Fsp3) is 0.154. The first-order chi connectivity index (χ1) is 17.2. The highest BCUT2D eigenvalue weighted by molar-refractivity contribution is 14.1. The SMILES string of the molecule is CC(C)c1nc2ccc(Br)cc2c(=O)n1N=Cc1ccc(OCC(=O)Nc2cccc(F)c2)c(I)c1. The average molecular weight is 663 g/mol. The predicted molar refractivity (Wildman–Crippen MR) is 150 cm³/mol. The van der Waals surface area contributed by atoms with Crippen LogP contribution in [-0.2, 0) is 4.79 Å². The lowest BCUT2D eigenvalue weighted by molar-refractivity contribution is -0.118. The Hall–Kier alpha value is -3.12. The van der Waals surface area contributed by atoms with Crippen molar-refractivity contribution in [2.45, 2.75) is 19.8 Å². The Morgan fingerprint density at radius 1 is 1.22 bits per heavy atom. The normalized spacial score (nSPS) is 11.4. The molecule has 0 aliphatic rings. The Morgan fingerprint density at radius 3 is 2.75 bits per heavy atom. The van der Waals surface area contributed by atoms with Crippen LogP contribution in [0.4, 0.5) is 10.1 Å². The number of halogens is 3. The number of ether oxygens (including phenoxy) is 1. The molecule has 0 spiro atoms. The number of nitrogens with zero attached hydrogens (tertiary/aromatic N) is 3. The summed E-state index contributed by atoms with van der Waals surface area (Å²) < 4.78 is 21.8. The molecule has 0 saturated carbocycles. The Labute approximate surface area is 228 Å². The van der Waals surface area contributed by atoms with Crippen LogP contribution >= 0.6 is 38.5 Å². The zero-order valence-corrected chi connectivity index (χ0v) is 23.1. The van der Waals surface area contributed by atoms with E-state index in [1.54, 1.807) is 36.5 Å². The first-order valence-electron chi connectivity index (χ1n) is 11.0. The van der Waals surface area contributed by atoms with Crippen molar-refractivity contribution in [1.29, 1.82) is 0 Å².